The Kier molecular flexibility index (Phi) is 2.30. The van der Waals surface area contributed by atoms with Crippen LogP contribution in [-0.4, -0.2) is 22.8 Å². The molecular formula is C14H13N3O. The number of nitrogens with zero attached hydrogens (tertiary/aromatic N) is 2. The van der Waals surface area contributed by atoms with Gasteiger partial charge in [-0.1, -0.05) is 6.07 Å². The third kappa shape index (κ3) is 1.62. The van der Waals surface area contributed by atoms with Gasteiger partial charge in [0, 0.05) is 30.9 Å². The standard InChI is InChI=1S/C14H13N3O/c1-17-8-11-6-9(2-4-12(11)14(17)18)10-3-5-13(15)16-7-10/h2-7H,8H2,1H3,(H2,15,16). The molecule has 2 N–H and O–H groups in total. The minimum Gasteiger partial charge on any atom is -0.384 e. The zero-order valence-electron chi connectivity index (χ0n) is 10.1. The largest absolute Gasteiger partial charge is 0.384 e. The molecule has 2 heterocycles. The smallest absolute Gasteiger partial charge is 0.254 e. The molecule has 0 spiro atoms. The first-order chi connectivity index (χ1) is 8.65. The predicted molar refractivity (Wildman–Crippen MR) is 69.9 cm³/mol. The fourth-order valence-corrected chi connectivity index (χ4v) is 2.22. The van der Waals surface area contributed by atoms with Crippen molar-refractivity contribution in [3.05, 3.63) is 47.7 Å². The van der Waals surface area contributed by atoms with Crippen molar-refractivity contribution >= 4 is 11.7 Å². The minimum absolute atomic E-state index is 0.0898. The van der Waals surface area contributed by atoms with Crippen LogP contribution < -0.4 is 5.73 Å². The van der Waals surface area contributed by atoms with Crippen molar-refractivity contribution < 1.29 is 4.79 Å². The molecule has 18 heavy (non-hydrogen) atoms. The first-order valence-electron chi connectivity index (χ1n) is 5.75. The molecule has 0 saturated heterocycles. The second-order valence-electron chi connectivity index (χ2n) is 4.50. The summed E-state index contributed by atoms with van der Waals surface area (Å²) in [7, 11) is 1.81. The van der Waals surface area contributed by atoms with E-state index in [2.05, 4.69) is 4.98 Å². The van der Waals surface area contributed by atoms with E-state index in [1.54, 1.807) is 17.2 Å². The van der Waals surface area contributed by atoms with Gasteiger partial charge in [-0.3, -0.25) is 4.79 Å². The van der Waals surface area contributed by atoms with Crippen LogP contribution in [0.4, 0.5) is 5.82 Å². The number of aromatic nitrogens is 1. The SMILES string of the molecule is CN1Cc2cc(-c3ccc(N)nc3)ccc2C1=O. The molecule has 1 aromatic heterocycles. The number of pyridine rings is 1. The van der Waals surface area contributed by atoms with E-state index in [-0.39, 0.29) is 5.91 Å². The van der Waals surface area contributed by atoms with E-state index in [1.165, 1.54) is 0 Å². The number of carbonyl (C=O) groups excluding carboxylic acids is 1. The van der Waals surface area contributed by atoms with Crippen LogP contribution in [0.1, 0.15) is 15.9 Å². The molecular weight excluding hydrogens is 226 g/mol. The van der Waals surface area contributed by atoms with Crippen LogP contribution in [0.15, 0.2) is 36.5 Å². The average Bonchev–Trinajstić information content (AvgIpc) is 2.65. The Hall–Kier alpha value is -2.36. The number of anilines is 1. The van der Waals surface area contributed by atoms with Gasteiger partial charge in [0.1, 0.15) is 5.82 Å². The number of nitrogens with two attached hydrogens (primary N) is 1. The van der Waals surface area contributed by atoms with Gasteiger partial charge in [-0.15, -0.1) is 0 Å². The Morgan fingerprint density at radius 2 is 2.00 bits per heavy atom. The maximum absolute atomic E-state index is 11.8. The molecule has 0 radical (unpaired) electrons. The van der Waals surface area contributed by atoms with Crippen molar-refractivity contribution in [2.45, 2.75) is 6.54 Å². The van der Waals surface area contributed by atoms with E-state index < -0.39 is 0 Å². The fraction of sp³-hybridized carbons (Fsp3) is 0.143. The van der Waals surface area contributed by atoms with Crippen LogP contribution in [0.25, 0.3) is 11.1 Å². The number of nitrogen functional groups attached to an aromatic ring is 1. The second-order valence-corrected chi connectivity index (χ2v) is 4.50. The average molecular weight is 239 g/mol. The highest BCUT2D eigenvalue weighted by molar-refractivity contribution is 5.98. The number of rotatable bonds is 1. The monoisotopic (exact) mass is 239 g/mol. The number of benzene rings is 1. The molecule has 0 saturated carbocycles. The minimum atomic E-state index is 0.0898. The summed E-state index contributed by atoms with van der Waals surface area (Å²) in [5.41, 5.74) is 9.50. The zero-order chi connectivity index (χ0) is 12.7. The normalized spacial score (nSPS) is 13.8. The van der Waals surface area contributed by atoms with Crippen molar-refractivity contribution in [2.24, 2.45) is 0 Å². The molecule has 0 bridgehead atoms. The Balaban J connectivity index is 2.04. The van der Waals surface area contributed by atoms with Crippen LogP contribution in [0, 0.1) is 0 Å². The van der Waals surface area contributed by atoms with Crippen molar-refractivity contribution in [2.75, 3.05) is 12.8 Å². The first-order valence-corrected chi connectivity index (χ1v) is 5.75. The fourth-order valence-electron chi connectivity index (χ4n) is 2.22. The van der Waals surface area contributed by atoms with Gasteiger partial charge >= 0.3 is 0 Å². The van der Waals surface area contributed by atoms with Gasteiger partial charge < -0.3 is 10.6 Å². The van der Waals surface area contributed by atoms with Gasteiger partial charge in [0.15, 0.2) is 0 Å². The summed E-state index contributed by atoms with van der Waals surface area (Å²) in [6.45, 7) is 0.671. The van der Waals surface area contributed by atoms with Gasteiger partial charge in [-0.05, 0) is 35.4 Å². The lowest BCUT2D eigenvalue weighted by molar-refractivity contribution is 0.0816. The molecule has 0 unspecified atom stereocenters. The highest BCUT2D eigenvalue weighted by atomic mass is 16.2. The molecule has 2 aromatic rings. The zero-order valence-corrected chi connectivity index (χ0v) is 10.1. The molecule has 1 amide bonds. The molecule has 1 aliphatic heterocycles. The van der Waals surface area contributed by atoms with Gasteiger partial charge in [0.2, 0.25) is 0 Å². The Bertz CT molecular complexity index is 619. The molecule has 90 valence electrons. The van der Waals surface area contributed by atoms with Crippen molar-refractivity contribution in [3.63, 3.8) is 0 Å². The molecule has 0 atom stereocenters. The van der Waals surface area contributed by atoms with Crippen molar-refractivity contribution in [3.8, 4) is 11.1 Å². The number of hydrogen-bond acceptors (Lipinski definition) is 3. The lowest BCUT2D eigenvalue weighted by Crippen LogP contribution is -2.17. The molecule has 0 fully saturated rings. The quantitative estimate of drug-likeness (QED) is 0.827. The lowest BCUT2D eigenvalue weighted by atomic mass is 10.0. The van der Waals surface area contributed by atoms with Gasteiger partial charge in [-0.25, -0.2) is 4.98 Å². The summed E-state index contributed by atoms with van der Waals surface area (Å²) in [6, 6.07) is 9.59. The van der Waals surface area contributed by atoms with Crippen molar-refractivity contribution in [1.29, 1.82) is 0 Å². The van der Waals surface area contributed by atoms with Crippen LogP contribution >= 0.6 is 0 Å². The summed E-state index contributed by atoms with van der Waals surface area (Å²) in [5, 5.41) is 0. The number of hydrogen-bond donors (Lipinski definition) is 1. The number of fused-ring (bicyclic) bond motifs is 1. The summed E-state index contributed by atoms with van der Waals surface area (Å²) >= 11 is 0. The number of amides is 1. The van der Waals surface area contributed by atoms with Gasteiger partial charge in [0.25, 0.3) is 5.91 Å². The molecule has 0 aliphatic carbocycles. The van der Waals surface area contributed by atoms with Crippen LogP contribution in [0.3, 0.4) is 0 Å². The highest BCUT2D eigenvalue weighted by Crippen LogP contribution is 2.27. The van der Waals surface area contributed by atoms with Crippen LogP contribution in [-0.2, 0) is 6.54 Å². The maximum Gasteiger partial charge on any atom is 0.254 e. The molecule has 1 aliphatic rings. The number of carbonyl (C=O) groups is 1. The molecule has 3 rings (SSSR count). The summed E-state index contributed by atoms with van der Waals surface area (Å²) < 4.78 is 0. The molecule has 4 nitrogen and oxygen atoms in total. The van der Waals surface area contributed by atoms with E-state index in [0.717, 1.165) is 22.3 Å². The Morgan fingerprint density at radius 3 is 2.72 bits per heavy atom. The van der Waals surface area contributed by atoms with E-state index >= 15 is 0 Å². The Morgan fingerprint density at radius 1 is 1.22 bits per heavy atom. The highest BCUT2D eigenvalue weighted by Gasteiger charge is 2.24. The van der Waals surface area contributed by atoms with E-state index in [0.29, 0.717) is 12.4 Å². The first kappa shape index (κ1) is 10.8. The van der Waals surface area contributed by atoms with E-state index in [4.69, 9.17) is 5.73 Å². The third-order valence-electron chi connectivity index (χ3n) is 3.21. The van der Waals surface area contributed by atoms with Crippen LogP contribution in [0.5, 0.6) is 0 Å². The maximum atomic E-state index is 11.8. The summed E-state index contributed by atoms with van der Waals surface area (Å²) in [4.78, 5) is 17.6. The van der Waals surface area contributed by atoms with Crippen molar-refractivity contribution in [1.82, 2.24) is 9.88 Å². The van der Waals surface area contributed by atoms with Crippen LogP contribution in [0.2, 0.25) is 0 Å². The summed E-state index contributed by atoms with van der Waals surface area (Å²) in [5.74, 6) is 0.599. The summed E-state index contributed by atoms with van der Waals surface area (Å²) in [6.07, 6.45) is 1.75. The molecule has 4 heteroatoms. The van der Waals surface area contributed by atoms with E-state index in [1.807, 2.05) is 31.3 Å². The predicted octanol–water partition coefficient (Wildman–Crippen LogP) is 1.92. The second kappa shape index (κ2) is 3.84. The molecule has 1 aromatic carbocycles. The topological polar surface area (TPSA) is 59.2 Å². The Labute approximate surface area is 105 Å². The third-order valence-corrected chi connectivity index (χ3v) is 3.21. The van der Waals surface area contributed by atoms with E-state index in [9.17, 15) is 4.79 Å². The van der Waals surface area contributed by atoms with Gasteiger partial charge in [-0.2, -0.15) is 0 Å². The van der Waals surface area contributed by atoms with Gasteiger partial charge in [0.05, 0.1) is 0 Å². The lowest BCUT2D eigenvalue weighted by Gasteiger charge is -2.04.